The fraction of sp³-hybridized carbons (Fsp3) is 0.529. The molecule has 2 aliphatic heterocycles. The number of nitrogens with zero attached hydrogens (tertiary/aromatic N) is 2. The third-order valence-corrected chi connectivity index (χ3v) is 5.09. The molecule has 2 saturated heterocycles. The minimum Gasteiger partial charge on any atom is -0.339 e. The summed E-state index contributed by atoms with van der Waals surface area (Å²) in [5.41, 5.74) is 1.23. The second kappa shape index (κ2) is 5.26. The van der Waals surface area contributed by atoms with Gasteiger partial charge in [0.1, 0.15) is 0 Å². The van der Waals surface area contributed by atoms with Crippen LogP contribution in [-0.2, 0) is 0 Å². The lowest BCUT2D eigenvalue weighted by Crippen LogP contribution is -2.49. The van der Waals surface area contributed by atoms with Crippen LogP contribution in [-0.4, -0.2) is 22.7 Å². The van der Waals surface area contributed by atoms with Crippen molar-refractivity contribution in [1.82, 2.24) is 15.5 Å². The predicted octanol–water partition coefficient (Wildman–Crippen LogP) is 3.08. The Morgan fingerprint density at radius 2 is 2.10 bits per heavy atom. The minimum atomic E-state index is 0.178. The van der Waals surface area contributed by atoms with Gasteiger partial charge >= 0.3 is 0 Å². The van der Waals surface area contributed by atoms with Crippen molar-refractivity contribution in [3.05, 3.63) is 47.6 Å². The van der Waals surface area contributed by atoms with Crippen LogP contribution in [0.1, 0.15) is 55.3 Å². The van der Waals surface area contributed by atoms with E-state index in [1.54, 1.807) is 0 Å². The van der Waals surface area contributed by atoms with Gasteiger partial charge in [-0.25, -0.2) is 0 Å². The number of nitrogens with one attached hydrogen (secondary N) is 1. The Morgan fingerprint density at radius 1 is 1.24 bits per heavy atom. The van der Waals surface area contributed by atoms with E-state index in [1.165, 1.54) is 24.8 Å². The number of fused-ring (bicyclic) bond motifs is 3. The zero-order valence-corrected chi connectivity index (χ0v) is 12.3. The molecule has 3 fully saturated rings. The molecule has 1 aromatic heterocycles. The van der Waals surface area contributed by atoms with E-state index in [4.69, 9.17) is 9.51 Å². The van der Waals surface area contributed by atoms with Crippen LogP contribution >= 0.6 is 0 Å². The number of piperidine rings is 2. The van der Waals surface area contributed by atoms with Crippen LogP contribution in [0.15, 0.2) is 34.9 Å². The highest BCUT2D eigenvalue weighted by Gasteiger charge is 2.39. The van der Waals surface area contributed by atoms with E-state index in [1.807, 2.05) is 6.07 Å². The average molecular weight is 283 g/mol. The third kappa shape index (κ3) is 2.38. The van der Waals surface area contributed by atoms with Gasteiger partial charge in [0.05, 0.1) is 5.92 Å². The molecule has 4 heteroatoms. The van der Waals surface area contributed by atoms with Gasteiger partial charge in [-0.15, -0.1) is 0 Å². The van der Waals surface area contributed by atoms with Crippen molar-refractivity contribution >= 4 is 0 Å². The molecule has 1 saturated carbocycles. The van der Waals surface area contributed by atoms with Crippen LogP contribution in [0.3, 0.4) is 0 Å². The lowest BCUT2D eigenvalue weighted by Gasteiger charge is -2.41. The van der Waals surface area contributed by atoms with Crippen molar-refractivity contribution in [3.63, 3.8) is 0 Å². The van der Waals surface area contributed by atoms with E-state index < -0.39 is 0 Å². The number of benzene rings is 1. The molecule has 5 rings (SSSR count). The normalized spacial score (nSPS) is 29.5. The third-order valence-electron chi connectivity index (χ3n) is 5.09. The Balaban J connectivity index is 1.56. The summed E-state index contributed by atoms with van der Waals surface area (Å²) in [6.45, 7) is 3.29. The molecule has 0 amide bonds. The Labute approximate surface area is 124 Å². The highest BCUT2D eigenvalue weighted by Crippen LogP contribution is 2.39. The zero-order valence-electron chi connectivity index (χ0n) is 12.3. The predicted molar refractivity (Wildman–Crippen MR) is 80.1 cm³/mol. The first-order valence-corrected chi connectivity index (χ1v) is 7.93. The molecular formula is C17H21N3O. The van der Waals surface area contributed by atoms with E-state index in [-0.39, 0.29) is 5.92 Å². The first-order chi connectivity index (χ1) is 10.3. The highest BCUT2D eigenvalue weighted by atomic mass is 16.5. The zero-order chi connectivity index (χ0) is 14.2. The van der Waals surface area contributed by atoms with Crippen molar-refractivity contribution in [2.75, 3.05) is 6.54 Å². The van der Waals surface area contributed by atoms with Gasteiger partial charge in [0, 0.05) is 12.0 Å². The fourth-order valence-corrected chi connectivity index (χ4v) is 3.74. The smallest absolute Gasteiger partial charge is 0.231 e. The van der Waals surface area contributed by atoms with Crippen LogP contribution in [0, 0.1) is 5.92 Å². The van der Waals surface area contributed by atoms with Crippen molar-refractivity contribution in [1.29, 1.82) is 0 Å². The summed E-state index contributed by atoms with van der Waals surface area (Å²) in [6.07, 6.45) is 3.77. The van der Waals surface area contributed by atoms with Gasteiger partial charge in [0.15, 0.2) is 5.82 Å². The van der Waals surface area contributed by atoms with Crippen LogP contribution < -0.4 is 5.32 Å². The monoisotopic (exact) mass is 283 g/mol. The molecule has 1 aliphatic carbocycles. The van der Waals surface area contributed by atoms with Crippen LogP contribution in [0.2, 0.25) is 0 Å². The van der Waals surface area contributed by atoms with Gasteiger partial charge in [-0.05, 0) is 37.3 Å². The first kappa shape index (κ1) is 13.0. The maximum Gasteiger partial charge on any atom is 0.231 e. The molecule has 1 N–H and O–H groups in total. The number of rotatable bonds is 3. The molecule has 1 aromatic carbocycles. The molecular weight excluding hydrogens is 262 g/mol. The largest absolute Gasteiger partial charge is 0.339 e. The van der Waals surface area contributed by atoms with Crippen LogP contribution in [0.25, 0.3) is 0 Å². The number of hydrogen-bond acceptors (Lipinski definition) is 4. The van der Waals surface area contributed by atoms with E-state index in [0.717, 1.165) is 24.2 Å². The quantitative estimate of drug-likeness (QED) is 0.940. The van der Waals surface area contributed by atoms with E-state index in [2.05, 4.69) is 41.7 Å². The number of hydrogen-bond donors (Lipinski definition) is 1. The second-order valence-corrected chi connectivity index (χ2v) is 6.42. The average Bonchev–Trinajstić information content (AvgIpc) is 3.06. The molecule has 2 aromatic rings. The molecule has 21 heavy (non-hydrogen) atoms. The van der Waals surface area contributed by atoms with Crippen molar-refractivity contribution in [3.8, 4) is 0 Å². The molecule has 0 radical (unpaired) electrons. The first-order valence-electron chi connectivity index (χ1n) is 7.93. The van der Waals surface area contributed by atoms with Gasteiger partial charge in [0.25, 0.3) is 0 Å². The van der Waals surface area contributed by atoms with Crippen LogP contribution in [0.5, 0.6) is 0 Å². The van der Waals surface area contributed by atoms with Crippen molar-refractivity contribution in [2.24, 2.45) is 5.92 Å². The topological polar surface area (TPSA) is 51.0 Å². The second-order valence-electron chi connectivity index (χ2n) is 6.42. The van der Waals surface area contributed by atoms with E-state index in [0.29, 0.717) is 12.0 Å². The number of aromatic nitrogens is 2. The fourth-order valence-electron chi connectivity index (χ4n) is 3.74. The summed E-state index contributed by atoms with van der Waals surface area (Å²) < 4.78 is 5.60. The van der Waals surface area contributed by atoms with Gasteiger partial charge in [-0.3, -0.25) is 0 Å². The lowest BCUT2D eigenvalue weighted by atomic mass is 9.74. The SMILES string of the molecule is CC(c1ccccc1)c1noc(C2CC3CCC2NC3)n1. The summed E-state index contributed by atoms with van der Waals surface area (Å²) >= 11 is 0. The highest BCUT2D eigenvalue weighted by molar-refractivity contribution is 5.24. The Hall–Kier alpha value is -1.68. The standard InChI is InChI=1S/C17H21N3O/c1-11(13-5-3-2-4-6-13)16-19-17(21-20-16)14-9-12-7-8-15(14)18-10-12/h2-6,11-12,14-15,18H,7-10H2,1H3. The van der Waals surface area contributed by atoms with Gasteiger partial charge < -0.3 is 9.84 Å². The van der Waals surface area contributed by atoms with Crippen molar-refractivity contribution in [2.45, 2.75) is 44.1 Å². The Kier molecular flexibility index (Phi) is 3.26. The summed E-state index contributed by atoms with van der Waals surface area (Å²) in [7, 11) is 0. The van der Waals surface area contributed by atoms with Crippen LogP contribution in [0.4, 0.5) is 0 Å². The minimum absolute atomic E-state index is 0.178. The van der Waals surface area contributed by atoms with Gasteiger partial charge in [-0.1, -0.05) is 42.4 Å². The maximum atomic E-state index is 5.60. The molecule has 3 aliphatic rings. The summed E-state index contributed by atoms with van der Waals surface area (Å²) in [5, 5.41) is 7.85. The Bertz CT molecular complexity index is 602. The van der Waals surface area contributed by atoms with E-state index in [9.17, 15) is 0 Å². The molecule has 4 unspecified atom stereocenters. The molecule has 110 valence electrons. The molecule has 3 heterocycles. The molecule has 4 atom stereocenters. The van der Waals surface area contributed by atoms with E-state index >= 15 is 0 Å². The van der Waals surface area contributed by atoms with Gasteiger partial charge in [0.2, 0.25) is 5.89 Å². The summed E-state index contributed by atoms with van der Waals surface area (Å²) in [6, 6.07) is 10.9. The molecule has 4 nitrogen and oxygen atoms in total. The molecule has 0 spiro atoms. The maximum absolute atomic E-state index is 5.60. The summed E-state index contributed by atoms with van der Waals surface area (Å²) in [5.74, 6) is 2.99. The summed E-state index contributed by atoms with van der Waals surface area (Å²) in [4.78, 5) is 4.71. The molecule has 2 bridgehead atoms. The van der Waals surface area contributed by atoms with Gasteiger partial charge in [-0.2, -0.15) is 4.98 Å². The Morgan fingerprint density at radius 3 is 2.76 bits per heavy atom. The lowest BCUT2D eigenvalue weighted by molar-refractivity contribution is 0.158. The van der Waals surface area contributed by atoms with Crippen molar-refractivity contribution < 1.29 is 4.52 Å².